The van der Waals surface area contributed by atoms with Crippen LogP contribution in [0.1, 0.15) is 42.1 Å². The quantitative estimate of drug-likeness (QED) is 0.842. The zero-order valence-corrected chi connectivity index (χ0v) is 14.4. The number of esters is 1. The first kappa shape index (κ1) is 17.5. The first-order valence-corrected chi connectivity index (χ1v) is 8.33. The number of fused-ring (bicyclic) bond motifs is 1. The average molecular weight is 350 g/mol. The molecule has 0 saturated heterocycles. The van der Waals surface area contributed by atoms with Gasteiger partial charge in [0.05, 0.1) is 17.5 Å². The van der Waals surface area contributed by atoms with Gasteiger partial charge in [0.15, 0.2) is 5.82 Å². The lowest BCUT2D eigenvalue weighted by Gasteiger charge is -2.15. The molecule has 2 atom stereocenters. The summed E-state index contributed by atoms with van der Waals surface area (Å²) in [5.41, 5.74) is -0.915. The number of hydrogen-bond donors (Lipinski definition) is 1. The molecule has 1 aromatic carbocycles. The number of likely N-dealkylation sites (N-methyl/N-ethyl adjacent to an activating group) is 1. The molecule has 0 bridgehead atoms. The van der Waals surface area contributed by atoms with Gasteiger partial charge >= 0.3 is 5.97 Å². The summed E-state index contributed by atoms with van der Waals surface area (Å²) in [4.78, 5) is 24.6. The van der Waals surface area contributed by atoms with Crippen LogP contribution in [-0.2, 0) is 11.3 Å². The minimum absolute atomic E-state index is 0.00247. The minimum Gasteiger partial charge on any atom is -0.462 e. The van der Waals surface area contributed by atoms with Crippen LogP contribution in [0.4, 0.5) is 8.78 Å². The Morgan fingerprint density at radius 1 is 1.40 bits per heavy atom. The molecule has 0 radical (unpaired) electrons. The molecular weight excluding hydrogens is 330 g/mol. The number of pyridine rings is 1. The van der Waals surface area contributed by atoms with Gasteiger partial charge in [0, 0.05) is 30.3 Å². The zero-order chi connectivity index (χ0) is 18.3. The minimum atomic E-state index is -0.793. The Hall–Kier alpha value is -2.28. The van der Waals surface area contributed by atoms with Crippen LogP contribution in [0.5, 0.6) is 0 Å². The van der Waals surface area contributed by atoms with E-state index in [0.29, 0.717) is 13.0 Å². The molecule has 2 aromatic rings. The summed E-state index contributed by atoms with van der Waals surface area (Å²) in [6.07, 6.45) is 1.93. The van der Waals surface area contributed by atoms with Gasteiger partial charge in [-0.15, -0.1) is 0 Å². The number of benzene rings is 1. The summed E-state index contributed by atoms with van der Waals surface area (Å²) >= 11 is 0. The molecule has 1 aliphatic carbocycles. The Labute approximate surface area is 143 Å². The predicted octanol–water partition coefficient (Wildman–Crippen LogP) is 2.55. The Morgan fingerprint density at radius 2 is 2.12 bits per heavy atom. The Balaban J connectivity index is 2.28. The van der Waals surface area contributed by atoms with E-state index in [9.17, 15) is 14.0 Å². The van der Waals surface area contributed by atoms with Crippen molar-refractivity contribution in [2.45, 2.75) is 38.8 Å². The standard InChI is InChI=1S/C18H20F2N2O3/c1-4-22-8-11(18(24)25-5-2)17(23)10-6-12(19)14(15(20)16(10)22)9-7-13(9)21-3/h6,8-9,13,21H,4-5,7H2,1-3H3. The van der Waals surface area contributed by atoms with E-state index >= 15 is 4.39 Å². The van der Waals surface area contributed by atoms with Crippen LogP contribution in [0.2, 0.25) is 0 Å². The van der Waals surface area contributed by atoms with Crippen LogP contribution >= 0.6 is 0 Å². The third-order valence-electron chi connectivity index (χ3n) is 4.66. The van der Waals surface area contributed by atoms with Gasteiger partial charge in [0.2, 0.25) is 5.43 Å². The monoisotopic (exact) mass is 350 g/mol. The van der Waals surface area contributed by atoms with Crippen LogP contribution in [0.3, 0.4) is 0 Å². The highest BCUT2D eigenvalue weighted by Gasteiger charge is 2.41. The molecule has 1 fully saturated rings. The number of aryl methyl sites for hydroxylation is 1. The number of carbonyl (C=O) groups is 1. The summed E-state index contributed by atoms with van der Waals surface area (Å²) in [6, 6.07) is 1.07. The van der Waals surface area contributed by atoms with Gasteiger partial charge in [-0.2, -0.15) is 0 Å². The van der Waals surface area contributed by atoms with Crippen molar-refractivity contribution in [1.29, 1.82) is 0 Å². The van der Waals surface area contributed by atoms with Crippen molar-refractivity contribution >= 4 is 16.9 Å². The number of carbonyl (C=O) groups excluding carboxylic acids is 1. The van der Waals surface area contributed by atoms with Crippen molar-refractivity contribution in [2.75, 3.05) is 13.7 Å². The molecule has 5 nitrogen and oxygen atoms in total. The van der Waals surface area contributed by atoms with E-state index in [1.54, 1.807) is 20.9 Å². The topological polar surface area (TPSA) is 60.3 Å². The summed E-state index contributed by atoms with van der Waals surface area (Å²) in [7, 11) is 1.75. The highest BCUT2D eigenvalue weighted by Crippen LogP contribution is 2.44. The summed E-state index contributed by atoms with van der Waals surface area (Å²) in [5.74, 6) is -2.53. The van der Waals surface area contributed by atoms with Crippen molar-refractivity contribution < 1.29 is 18.3 Å². The summed E-state index contributed by atoms with van der Waals surface area (Å²) < 4.78 is 36.0. The molecule has 1 N–H and O–H groups in total. The van der Waals surface area contributed by atoms with Crippen molar-refractivity contribution in [2.24, 2.45) is 0 Å². The molecule has 0 spiro atoms. The second-order valence-corrected chi connectivity index (χ2v) is 6.10. The zero-order valence-electron chi connectivity index (χ0n) is 14.4. The molecule has 0 aliphatic heterocycles. The fourth-order valence-corrected chi connectivity index (χ4v) is 3.28. The van der Waals surface area contributed by atoms with E-state index in [2.05, 4.69) is 5.32 Å². The molecule has 2 unspecified atom stereocenters. The number of hydrogen-bond acceptors (Lipinski definition) is 4. The van der Waals surface area contributed by atoms with Crippen LogP contribution < -0.4 is 10.7 Å². The highest BCUT2D eigenvalue weighted by atomic mass is 19.1. The third-order valence-corrected chi connectivity index (χ3v) is 4.66. The van der Waals surface area contributed by atoms with Gasteiger partial charge in [-0.3, -0.25) is 4.79 Å². The Bertz CT molecular complexity index is 908. The second kappa shape index (κ2) is 6.55. The predicted molar refractivity (Wildman–Crippen MR) is 90.0 cm³/mol. The van der Waals surface area contributed by atoms with Gasteiger partial charge in [0.25, 0.3) is 0 Å². The second-order valence-electron chi connectivity index (χ2n) is 6.10. The van der Waals surface area contributed by atoms with E-state index in [1.165, 1.54) is 10.8 Å². The molecule has 1 heterocycles. The largest absolute Gasteiger partial charge is 0.462 e. The van der Waals surface area contributed by atoms with Crippen molar-refractivity contribution in [3.05, 3.63) is 45.2 Å². The number of ether oxygens (including phenoxy) is 1. The first-order valence-electron chi connectivity index (χ1n) is 8.33. The van der Waals surface area contributed by atoms with Crippen LogP contribution in [-0.4, -0.2) is 30.2 Å². The summed E-state index contributed by atoms with van der Waals surface area (Å²) in [6.45, 7) is 3.81. The fraction of sp³-hybridized carbons (Fsp3) is 0.444. The van der Waals surface area contributed by atoms with Crippen molar-refractivity contribution in [3.63, 3.8) is 0 Å². The van der Waals surface area contributed by atoms with Gasteiger partial charge in [-0.25, -0.2) is 13.6 Å². The molecule has 1 aromatic heterocycles. The third kappa shape index (κ3) is 2.82. The van der Waals surface area contributed by atoms with Crippen LogP contribution in [0.15, 0.2) is 17.1 Å². The smallest absolute Gasteiger partial charge is 0.343 e. The van der Waals surface area contributed by atoms with E-state index in [4.69, 9.17) is 4.74 Å². The van der Waals surface area contributed by atoms with Crippen LogP contribution in [0.25, 0.3) is 10.9 Å². The first-order chi connectivity index (χ1) is 11.9. The average Bonchev–Trinajstić information content (AvgIpc) is 3.35. The SMILES string of the molecule is CCOC(=O)c1cn(CC)c2c(F)c(C3CC3NC)c(F)cc2c1=O. The van der Waals surface area contributed by atoms with Crippen molar-refractivity contribution in [1.82, 2.24) is 9.88 Å². The number of rotatable bonds is 5. The van der Waals surface area contributed by atoms with Crippen molar-refractivity contribution in [3.8, 4) is 0 Å². The summed E-state index contributed by atoms with van der Waals surface area (Å²) in [5, 5.41) is 2.86. The molecule has 1 aliphatic rings. The Morgan fingerprint density at radius 3 is 2.68 bits per heavy atom. The number of nitrogens with zero attached hydrogens (tertiary/aromatic N) is 1. The number of nitrogens with one attached hydrogen (secondary N) is 1. The van der Waals surface area contributed by atoms with Crippen LogP contribution in [0, 0.1) is 11.6 Å². The lowest BCUT2D eigenvalue weighted by atomic mass is 10.0. The molecular formula is C18H20F2N2O3. The lowest BCUT2D eigenvalue weighted by molar-refractivity contribution is 0.0524. The number of aromatic nitrogens is 1. The maximum Gasteiger partial charge on any atom is 0.343 e. The molecule has 25 heavy (non-hydrogen) atoms. The fourth-order valence-electron chi connectivity index (χ4n) is 3.28. The maximum absolute atomic E-state index is 15.1. The molecule has 0 amide bonds. The van der Waals surface area contributed by atoms with Gasteiger partial charge in [-0.05, 0) is 33.4 Å². The maximum atomic E-state index is 15.1. The molecule has 7 heteroatoms. The molecule has 134 valence electrons. The normalized spacial score (nSPS) is 19.2. The molecule has 1 saturated carbocycles. The van der Waals surface area contributed by atoms with E-state index in [1.807, 2.05) is 0 Å². The van der Waals surface area contributed by atoms with E-state index < -0.39 is 23.0 Å². The van der Waals surface area contributed by atoms with Gasteiger partial charge in [0.1, 0.15) is 11.4 Å². The molecule has 3 rings (SSSR count). The lowest BCUT2D eigenvalue weighted by Crippen LogP contribution is -2.22. The van der Waals surface area contributed by atoms with Gasteiger partial charge in [-0.1, -0.05) is 0 Å². The van der Waals surface area contributed by atoms with E-state index in [-0.39, 0.29) is 40.6 Å². The van der Waals surface area contributed by atoms with Gasteiger partial charge < -0.3 is 14.6 Å². The highest BCUT2D eigenvalue weighted by molar-refractivity contribution is 5.94. The van der Waals surface area contributed by atoms with E-state index in [0.717, 1.165) is 6.07 Å². The Kier molecular flexibility index (Phi) is 4.60. The number of halogens is 2.